The van der Waals surface area contributed by atoms with Crippen molar-refractivity contribution in [2.45, 2.75) is 30.7 Å². The highest BCUT2D eigenvalue weighted by Crippen LogP contribution is 2.47. The van der Waals surface area contributed by atoms with E-state index in [1.807, 2.05) is 54.6 Å². The highest BCUT2D eigenvalue weighted by molar-refractivity contribution is 8.03. The molecule has 0 saturated carbocycles. The molecule has 6 aromatic rings. The van der Waals surface area contributed by atoms with E-state index in [1.165, 1.54) is 0 Å². The number of hydrogen-bond acceptors (Lipinski definition) is 7. The third kappa shape index (κ3) is 10.3. The van der Waals surface area contributed by atoms with E-state index >= 15 is 0 Å². The van der Waals surface area contributed by atoms with E-state index in [1.54, 1.807) is 23.1 Å². The molecule has 12 heteroatoms. The Bertz CT molecular complexity index is 2640. The number of aromatic nitrogens is 1. The Balaban J connectivity index is 1.26. The summed E-state index contributed by atoms with van der Waals surface area (Å²) in [4.78, 5) is 3.18. The van der Waals surface area contributed by atoms with Crippen LogP contribution in [0.5, 0.6) is 0 Å². The highest BCUT2D eigenvalue weighted by atomic mass is 32.2. The number of aryl methyl sites for hydroxylation is 1. The molecule has 0 bridgehead atoms. The Kier molecular flexibility index (Phi) is 12.3. The minimum absolute atomic E-state index is 0.252. The molecule has 1 aliphatic heterocycles. The van der Waals surface area contributed by atoms with Gasteiger partial charge in [0.05, 0.1) is 22.2 Å². The summed E-state index contributed by atoms with van der Waals surface area (Å²) < 4.78 is 68.9. The molecule has 56 heavy (non-hydrogen) atoms. The molecule has 0 radical (unpaired) electrons. The number of anilines is 1. The van der Waals surface area contributed by atoms with Gasteiger partial charge < -0.3 is 4.90 Å². The summed E-state index contributed by atoms with van der Waals surface area (Å²) in [5.74, 6) is -0.668. The van der Waals surface area contributed by atoms with Crippen molar-refractivity contribution in [3.8, 4) is 22.3 Å². The fourth-order valence-electron chi connectivity index (χ4n) is 6.70. The number of nitrogens with zero attached hydrogens (tertiary/aromatic N) is 2. The average molecular weight is 822 g/mol. The van der Waals surface area contributed by atoms with Crippen molar-refractivity contribution in [2.24, 2.45) is 0 Å². The van der Waals surface area contributed by atoms with Gasteiger partial charge in [-0.3, -0.25) is 9.11 Å². The van der Waals surface area contributed by atoms with Gasteiger partial charge in [-0.2, -0.15) is 21.4 Å². The first kappa shape index (κ1) is 39.4. The Morgan fingerprint density at radius 1 is 0.696 bits per heavy atom. The van der Waals surface area contributed by atoms with Crippen molar-refractivity contribution >= 4 is 65.3 Å². The summed E-state index contributed by atoms with van der Waals surface area (Å²) in [5.41, 5.74) is 8.39. The molecule has 0 unspecified atom stereocenters. The quantitative estimate of drug-likeness (QED) is 0.0598. The van der Waals surface area contributed by atoms with Gasteiger partial charge in [0.15, 0.2) is 6.54 Å². The molecule has 0 aliphatic carbocycles. The third-order valence-electron chi connectivity index (χ3n) is 9.37. The number of allylic oxidation sites excluding steroid dienone is 4. The van der Waals surface area contributed by atoms with Gasteiger partial charge in [-0.25, -0.2) is 0 Å². The molecule has 0 spiro atoms. The Morgan fingerprint density at radius 2 is 1.30 bits per heavy atom. The van der Waals surface area contributed by atoms with E-state index in [4.69, 9.17) is 0 Å². The zero-order valence-corrected chi connectivity index (χ0v) is 33.7. The third-order valence-corrected chi connectivity index (χ3v) is 13.2. The fraction of sp³-hybridized carbons (Fsp3) is 0.159. The normalized spacial score (nSPS) is 14.3. The zero-order valence-electron chi connectivity index (χ0n) is 30.4. The molecular weight excluding hydrogens is 781 g/mol. The second-order valence-electron chi connectivity index (χ2n) is 13.5. The van der Waals surface area contributed by atoms with E-state index in [2.05, 4.69) is 107 Å². The van der Waals surface area contributed by atoms with E-state index < -0.39 is 20.2 Å². The molecule has 2 heterocycles. The lowest BCUT2D eigenvalue weighted by molar-refractivity contribution is -0.668. The number of hydrogen-bond donors (Lipinski definition) is 2. The number of thiazole rings is 1. The van der Waals surface area contributed by atoms with Gasteiger partial charge in [0, 0.05) is 30.0 Å². The molecule has 5 aromatic carbocycles. The van der Waals surface area contributed by atoms with Gasteiger partial charge >= 0.3 is 0 Å². The second kappa shape index (κ2) is 17.5. The molecule has 7 rings (SSSR count). The minimum Gasteiger partial charge on any atom is -0.335 e. The number of fused-ring (bicyclic) bond motifs is 2. The lowest BCUT2D eigenvalue weighted by Crippen LogP contribution is -2.36. The van der Waals surface area contributed by atoms with Gasteiger partial charge in [0.1, 0.15) is 4.70 Å². The largest absolute Gasteiger partial charge is 0.335 e. The minimum atomic E-state index is -4.12. The predicted molar refractivity (Wildman–Crippen MR) is 230 cm³/mol. The van der Waals surface area contributed by atoms with Crippen LogP contribution in [0.4, 0.5) is 5.69 Å². The summed E-state index contributed by atoms with van der Waals surface area (Å²) >= 11 is 3.24. The van der Waals surface area contributed by atoms with E-state index in [0.29, 0.717) is 19.5 Å². The van der Waals surface area contributed by atoms with Crippen LogP contribution in [0.1, 0.15) is 23.4 Å². The molecule has 286 valence electrons. The molecule has 0 atom stereocenters. The molecule has 0 fully saturated rings. The van der Waals surface area contributed by atoms with Gasteiger partial charge in [0.25, 0.3) is 25.2 Å². The molecule has 2 N–H and O–H groups in total. The fourth-order valence-corrected chi connectivity index (χ4v) is 9.83. The maximum Gasteiger partial charge on any atom is 0.265 e. The topological polar surface area (TPSA) is 116 Å². The molecule has 0 saturated heterocycles. The van der Waals surface area contributed by atoms with Crippen LogP contribution < -0.4 is 9.47 Å². The van der Waals surface area contributed by atoms with Crippen molar-refractivity contribution in [3.63, 3.8) is 0 Å². The van der Waals surface area contributed by atoms with E-state index in [0.717, 1.165) is 64.2 Å². The Morgan fingerprint density at radius 3 is 1.96 bits per heavy atom. The monoisotopic (exact) mass is 821 g/mol. The summed E-state index contributed by atoms with van der Waals surface area (Å²) in [6.07, 6.45) is 9.47. The van der Waals surface area contributed by atoms with Crippen LogP contribution in [-0.2, 0) is 33.2 Å². The molecule has 8 nitrogen and oxygen atoms in total. The van der Waals surface area contributed by atoms with E-state index in [9.17, 15) is 25.9 Å². The highest BCUT2D eigenvalue weighted by Gasteiger charge is 2.26. The second-order valence-corrected chi connectivity index (χ2v) is 18.7. The Labute approximate surface area is 336 Å². The van der Waals surface area contributed by atoms with E-state index in [-0.39, 0.29) is 24.3 Å². The van der Waals surface area contributed by atoms with Crippen molar-refractivity contribution in [1.82, 2.24) is 0 Å². The zero-order chi connectivity index (χ0) is 39.1. The predicted octanol–water partition coefficient (Wildman–Crippen LogP) is 9.71. The van der Waals surface area contributed by atoms with Gasteiger partial charge in [-0.15, -0.1) is 0 Å². The lowest BCUT2D eigenvalue weighted by Gasteiger charge is -2.20. The number of thioether (sulfide) groups is 1. The maximum atomic E-state index is 11.7. The first-order chi connectivity index (χ1) is 27.0. The van der Waals surface area contributed by atoms with Gasteiger partial charge in [-0.1, -0.05) is 138 Å². The number of rotatable bonds is 15. The summed E-state index contributed by atoms with van der Waals surface area (Å²) in [7, 11) is -8.23. The van der Waals surface area contributed by atoms with Crippen LogP contribution in [0.15, 0.2) is 161 Å². The van der Waals surface area contributed by atoms with Crippen LogP contribution in [0.3, 0.4) is 0 Å². The van der Waals surface area contributed by atoms with Crippen LogP contribution in [0, 0.1) is 0 Å². The van der Waals surface area contributed by atoms with Crippen molar-refractivity contribution < 1.29 is 30.5 Å². The van der Waals surface area contributed by atoms with Crippen LogP contribution in [-0.4, -0.2) is 44.0 Å². The summed E-state index contributed by atoms with van der Waals surface area (Å²) in [6, 6.07) is 43.0. The maximum absolute atomic E-state index is 11.7. The standard InChI is InChI=1S/C44H40N2O6S4/c47-55(48,49)28-10-26-45-39-31-37(35-14-6-2-7-15-35)20-22-41(39)53-43(45)24-18-34(30-33-12-4-1-5-13-33)19-25-44-46(27-11-29-56(50,51)52)40-32-38(21-23-42(40)54-44)36-16-8-3-9-17-36/h1-9,12-25,31-32H,10-11,26-30H2,(H-,47,48,49,50,51,52)/p+1. The molecule has 1 aliphatic rings. The first-order valence-corrected chi connectivity index (χ1v) is 23.0. The number of benzene rings is 5. The Hall–Kier alpha value is -4.82. The van der Waals surface area contributed by atoms with Crippen molar-refractivity contribution in [2.75, 3.05) is 23.0 Å². The summed E-state index contributed by atoms with van der Waals surface area (Å²) in [5, 5.41) is 1.88. The molecule has 0 amide bonds. The van der Waals surface area contributed by atoms with Crippen LogP contribution >= 0.6 is 23.1 Å². The van der Waals surface area contributed by atoms with Gasteiger partial charge in [0.2, 0.25) is 5.52 Å². The lowest BCUT2D eigenvalue weighted by atomic mass is 10.0. The average Bonchev–Trinajstić information content (AvgIpc) is 3.72. The van der Waals surface area contributed by atoms with Gasteiger partial charge in [-0.05, 0) is 70.5 Å². The van der Waals surface area contributed by atoms with Crippen molar-refractivity contribution in [1.29, 1.82) is 0 Å². The summed E-state index contributed by atoms with van der Waals surface area (Å²) in [6.45, 7) is 0.801. The SMILES string of the molecule is O=S(=O)(O)CCCN1\C(=C/C=C(/C=C/c2sc3ccc(-c4ccccc4)cc3[n+]2CCCS(=O)(=O)O)Cc2ccccc2)Sc2ccc(-c3ccccc3)cc21. The molecular formula is C44H41N2O6S4+. The van der Waals surface area contributed by atoms with Crippen molar-refractivity contribution in [3.05, 3.63) is 167 Å². The smallest absolute Gasteiger partial charge is 0.265 e. The van der Waals surface area contributed by atoms with Crippen LogP contribution in [0.25, 0.3) is 38.5 Å². The molecule has 1 aromatic heterocycles. The van der Waals surface area contributed by atoms with Crippen LogP contribution in [0.2, 0.25) is 0 Å². The first-order valence-electron chi connectivity index (χ1n) is 18.2.